The van der Waals surface area contributed by atoms with Gasteiger partial charge in [-0.05, 0) is 18.2 Å². The lowest BCUT2D eigenvalue weighted by Gasteiger charge is -2.43. The molecule has 230 valence electrons. The fourth-order valence-corrected chi connectivity index (χ4v) is 4.60. The number of carbonyl (C=O) groups is 3. The Morgan fingerprint density at radius 2 is 1.49 bits per heavy atom. The Balaban J connectivity index is 1.94. The number of esters is 3. The minimum atomic E-state index is -1.80. The van der Waals surface area contributed by atoms with Crippen LogP contribution in [0.4, 0.5) is 0 Å². The van der Waals surface area contributed by atoms with Crippen molar-refractivity contribution in [3.63, 3.8) is 0 Å². The Morgan fingerprint density at radius 3 is 2.09 bits per heavy atom. The average molecular weight is 605 g/mol. The summed E-state index contributed by atoms with van der Waals surface area (Å²) < 4.78 is 38.7. The number of aliphatic hydroxyl groups excluding tert-OH is 1. The minimum absolute atomic E-state index is 0.0175. The van der Waals surface area contributed by atoms with Gasteiger partial charge in [0, 0.05) is 38.5 Å². The summed E-state index contributed by atoms with van der Waals surface area (Å²) >= 11 is 0. The molecule has 4 N–H and O–H groups in total. The smallest absolute Gasteiger partial charge is 0.303 e. The van der Waals surface area contributed by atoms with E-state index in [4.69, 9.17) is 32.8 Å². The van der Waals surface area contributed by atoms with Crippen LogP contribution >= 0.6 is 0 Å². The highest BCUT2D eigenvalue weighted by molar-refractivity contribution is 5.88. The van der Waals surface area contributed by atoms with Gasteiger partial charge in [-0.1, -0.05) is 0 Å². The lowest BCUT2D eigenvalue weighted by molar-refractivity contribution is -0.288. The van der Waals surface area contributed by atoms with Crippen molar-refractivity contribution in [1.29, 1.82) is 0 Å². The van der Waals surface area contributed by atoms with E-state index >= 15 is 0 Å². The third-order valence-electron chi connectivity index (χ3n) is 6.27. The Bertz CT molecular complexity index is 1610. The molecule has 15 heteroatoms. The first-order valence-corrected chi connectivity index (χ1v) is 12.7. The molecule has 43 heavy (non-hydrogen) atoms. The highest BCUT2D eigenvalue weighted by Gasteiger charge is 2.53. The monoisotopic (exact) mass is 604 g/mol. The van der Waals surface area contributed by atoms with Crippen LogP contribution in [-0.2, 0) is 33.3 Å². The first-order chi connectivity index (χ1) is 20.3. The van der Waals surface area contributed by atoms with E-state index in [9.17, 15) is 39.6 Å². The summed E-state index contributed by atoms with van der Waals surface area (Å²) in [4.78, 5) is 49.8. The van der Waals surface area contributed by atoms with Crippen LogP contribution in [0.25, 0.3) is 22.3 Å². The molecular weight excluding hydrogens is 576 g/mol. The van der Waals surface area contributed by atoms with Gasteiger partial charge < -0.3 is 53.3 Å². The molecule has 0 aliphatic carbocycles. The van der Waals surface area contributed by atoms with Crippen molar-refractivity contribution < 1.29 is 67.6 Å². The predicted molar refractivity (Wildman–Crippen MR) is 143 cm³/mol. The van der Waals surface area contributed by atoms with Crippen molar-refractivity contribution in [1.82, 2.24) is 0 Å². The lowest BCUT2D eigenvalue weighted by Crippen LogP contribution is -2.63. The second-order valence-corrected chi connectivity index (χ2v) is 9.38. The maximum atomic E-state index is 13.8. The summed E-state index contributed by atoms with van der Waals surface area (Å²) in [5, 5.41) is 40.2. The van der Waals surface area contributed by atoms with Gasteiger partial charge in [-0.3, -0.25) is 19.2 Å². The molecule has 1 aliphatic heterocycles. The molecule has 0 saturated carbocycles. The second-order valence-electron chi connectivity index (χ2n) is 9.38. The molecule has 4 rings (SSSR count). The van der Waals surface area contributed by atoms with Gasteiger partial charge in [0.1, 0.15) is 28.6 Å². The maximum absolute atomic E-state index is 13.8. The van der Waals surface area contributed by atoms with Gasteiger partial charge in [-0.2, -0.15) is 0 Å². The van der Waals surface area contributed by atoms with Crippen molar-refractivity contribution in [2.75, 3.05) is 13.7 Å². The van der Waals surface area contributed by atoms with Crippen LogP contribution < -0.4 is 14.9 Å². The number of phenols is 3. The number of aliphatic hydroxyl groups is 1. The van der Waals surface area contributed by atoms with Crippen molar-refractivity contribution in [3.05, 3.63) is 40.6 Å². The predicted octanol–water partition coefficient (Wildman–Crippen LogP) is 1.48. The van der Waals surface area contributed by atoms with Crippen LogP contribution in [0.15, 0.2) is 39.5 Å². The standard InChI is InChI=1S/C28H28O15/c1-11(30)38-24-20(10-29)42-28(27(40-13(3)32)26(24)39-12(2)31)43-25-22(36)21-17(35)8-15(33)9-19(21)41-23(25)14-5-6-16(34)18(7-14)37-4/h5-9,20,24,26-29,33-35H,10H2,1-4H3/t20-,24-,26+,27-,28+/m0/s1. The molecule has 5 atom stereocenters. The average Bonchev–Trinajstić information content (AvgIpc) is 2.92. The number of carbonyl (C=O) groups excluding carboxylic acids is 3. The third-order valence-corrected chi connectivity index (χ3v) is 6.27. The van der Waals surface area contributed by atoms with E-state index < -0.39 is 83.3 Å². The fraction of sp³-hybridized carbons (Fsp3) is 0.357. The van der Waals surface area contributed by atoms with E-state index in [0.717, 1.165) is 32.9 Å². The molecule has 0 bridgehead atoms. The third kappa shape index (κ3) is 6.42. The molecule has 0 radical (unpaired) electrons. The Hall–Kier alpha value is -5.02. The van der Waals surface area contributed by atoms with Gasteiger partial charge in [-0.25, -0.2) is 0 Å². The molecule has 0 unspecified atom stereocenters. The largest absolute Gasteiger partial charge is 0.508 e. The van der Waals surface area contributed by atoms with E-state index in [1.165, 1.54) is 25.3 Å². The molecule has 0 spiro atoms. The lowest BCUT2D eigenvalue weighted by atomic mass is 9.98. The zero-order chi connectivity index (χ0) is 31.6. The number of benzene rings is 2. The molecule has 2 aromatic carbocycles. The van der Waals surface area contributed by atoms with E-state index in [0.29, 0.717) is 0 Å². The number of methoxy groups -OCH3 is 1. The Labute approximate surface area is 242 Å². The molecule has 1 aromatic heterocycles. The van der Waals surface area contributed by atoms with Gasteiger partial charge >= 0.3 is 17.9 Å². The highest BCUT2D eigenvalue weighted by Crippen LogP contribution is 2.40. The van der Waals surface area contributed by atoms with Crippen LogP contribution in [0.1, 0.15) is 20.8 Å². The number of hydrogen-bond donors (Lipinski definition) is 4. The molecular formula is C28H28O15. The number of rotatable bonds is 8. The highest BCUT2D eigenvalue weighted by atomic mass is 16.7. The quantitative estimate of drug-likeness (QED) is 0.211. The topological polar surface area (TPSA) is 218 Å². The van der Waals surface area contributed by atoms with E-state index in [2.05, 4.69) is 0 Å². The normalized spacial score (nSPS) is 21.6. The van der Waals surface area contributed by atoms with Gasteiger partial charge in [0.15, 0.2) is 29.5 Å². The summed E-state index contributed by atoms with van der Waals surface area (Å²) in [5.74, 6) is -4.87. The van der Waals surface area contributed by atoms with Gasteiger partial charge in [-0.15, -0.1) is 0 Å². The van der Waals surface area contributed by atoms with Crippen LogP contribution in [0.2, 0.25) is 0 Å². The second kappa shape index (κ2) is 12.5. The molecule has 3 aromatic rings. The molecule has 1 fully saturated rings. The molecule has 2 heterocycles. The van der Waals surface area contributed by atoms with Crippen molar-refractivity contribution in [3.8, 4) is 40.1 Å². The first kappa shape index (κ1) is 30.9. The summed E-state index contributed by atoms with van der Waals surface area (Å²) in [6, 6.07) is 5.85. The number of hydrogen-bond acceptors (Lipinski definition) is 15. The van der Waals surface area contributed by atoms with E-state index in [1.807, 2.05) is 0 Å². The summed E-state index contributed by atoms with van der Waals surface area (Å²) in [5.41, 5.74) is -1.11. The van der Waals surface area contributed by atoms with Crippen molar-refractivity contribution in [2.45, 2.75) is 51.5 Å². The SMILES string of the molecule is COc1cc(-c2oc3cc(O)cc(O)c3c(=O)c2O[C@H]2O[C@@H](CO)[C@H](OC(C)=O)[C@@H](OC(C)=O)[C@@H]2OC(C)=O)ccc1O. The number of phenolic OH excluding ortho intramolecular Hbond substituents is 3. The number of ether oxygens (including phenoxy) is 6. The zero-order valence-electron chi connectivity index (χ0n) is 23.3. The molecule has 15 nitrogen and oxygen atoms in total. The summed E-state index contributed by atoms with van der Waals surface area (Å²) in [6.07, 6.45) is -7.90. The zero-order valence-corrected chi connectivity index (χ0v) is 23.3. The Morgan fingerprint density at radius 1 is 0.860 bits per heavy atom. The van der Waals surface area contributed by atoms with Crippen LogP contribution in [0.5, 0.6) is 28.7 Å². The molecule has 1 aliphatic rings. The van der Waals surface area contributed by atoms with Crippen LogP contribution in [0, 0.1) is 0 Å². The summed E-state index contributed by atoms with van der Waals surface area (Å²) in [6.45, 7) is 2.34. The molecule has 0 amide bonds. The van der Waals surface area contributed by atoms with E-state index in [-0.39, 0.29) is 28.4 Å². The summed E-state index contributed by atoms with van der Waals surface area (Å²) in [7, 11) is 1.28. The maximum Gasteiger partial charge on any atom is 0.303 e. The Kier molecular flexibility index (Phi) is 8.96. The van der Waals surface area contributed by atoms with Crippen molar-refractivity contribution in [2.24, 2.45) is 0 Å². The van der Waals surface area contributed by atoms with Crippen LogP contribution in [-0.4, -0.2) is 82.8 Å². The minimum Gasteiger partial charge on any atom is -0.508 e. The number of aromatic hydroxyl groups is 3. The molecule has 1 saturated heterocycles. The van der Waals surface area contributed by atoms with Crippen LogP contribution in [0.3, 0.4) is 0 Å². The van der Waals surface area contributed by atoms with Crippen molar-refractivity contribution >= 4 is 28.9 Å². The first-order valence-electron chi connectivity index (χ1n) is 12.7. The number of fused-ring (bicyclic) bond motifs is 1. The fourth-order valence-electron chi connectivity index (χ4n) is 4.60. The van der Waals surface area contributed by atoms with Gasteiger partial charge in [0.2, 0.25) is 23.6 Å². The van der Waals surface area contributed by atoms with E-state index in [1.54, 1.807) is 0 Å². The van der Waals surface area contributed by atoms with Gasteiger partial charge in [0.25, 0.3) is 0 Å². The van der Waals surface area contributed by atoms with Gasteiger partial charge in [0.05, 0.1) is 13.7 Å².